The van der Waals surface area contributed by atoms with Gasteiger partial charge in [-0.3, -0.25) is 4.79 Å². The highest BCUT2D eigenvalue weighted by Gasteiger charge is 2.35. The van der Waals surface area contributed by atoms with Crippen LogP contribution in [0, 0.1) is 0 Å². The number of nitrogens with one attached hydrogen (secondary N) is 3. The Bertz CT molecular complexity index is 1140. The zero-order valence-corrected chi connectivity index (χ0v) is 20.6. The van der Waals surface area contributed by atoms with Gasteiger partial charge in [-0.25, -0.2) is 0 Å². The van der Waals surface area contributed by atoms with Gasteiger partial charge >= 0.3 is 0 Å². The number of nitrogens with zero attached hydrogens (tertiary/aromatic N) is 2. The molecule has 1 amide bonds. The first-order chi connectivity index (χ1) is 15.7. The average Bonchev–Trinajstić information content (AvgIpc) is 2.78. The van der Waals surface area contributed by atoms with Crippen LogP contribution in [0.5, 0.6) is 0 Å². The lowest BCUT2D eigenvalue weighted by Crippen LogP contribution is -2.56. The highest BCUT2D eigenvalue weighted by molar-refractivity contribution is 7.80. The van der Waals surface area contributed by atoms with Crippen molar-refractivity contribution in [2.24, 2.45) is 10.2 Å². The van der Waals surface area contributed by atoms with Gasteiger partial charge in [-0.15, -0.1) is 0 Å². The summed E-state index contributed by atoms with van der Waals surface area (Å²) in [5.74, 6) is -0.489. The van der Waals surface area contributed by atoms with E-state index in [4.69, 9.17) is 58.6 Å². The van der Waals surface area contributed by atoms with Gasteiger partial charge in [0.25, 0.3) is 5.91 Å². The quantitative estimate of drug-likeness (QED) is 0.134. The van der Waals surface area contributed by atoms with E-state index in [0.29, 0.717) is 22.0 Å². The van der Waals surface area contributed by atoms with Crippen LogP contribution in [0.1, 0.15) is 10.4 Å². The normalized spacial score (nSPS) is 12.2. The fraction of sp³-hybridized carbons (Fsp3) is 0.0909. The maximum atomic E-state index is 12.5. The maximum Gasteiger partial charge on any atom is 0.253 e. The SMILES string of the molecule is O=C(N[C@@H](NC(=S)Nc1ccc(N=Nc2ccccc2)cc1)C(Cl)(Cl)Cl)c1cccc(Cl)c1. The Kier molecular flexibility index (Phi) is 8.88. The van der Waals surface area contributed by atoms with Gasteiger partial charge in [-0.05, 0) is 66.8 Å². The Morgan fingerprint density at radius 2 is 1.48 bits per heavy atom. The summed E-state index contributed by atoms with van der Waals surface area (Å²) in [6, 6.07) is 22.8. The van der Waals surface area contributed by atoms with E-state index in [1.165, 1.54) is 6.07 Å². The van der Waals surface area contributed by atoms with Crippen molar-refractivity contribution >= 4 is 86.7 Å². The molecule has 11 heteroatoms. The third-order valence-electron chi connectivity index (χ3n) is 4.13. The van der Waals surface area contributed by atoms with E-state index in [0.717, 1.165) is 5.69 Å². The molecule has 0 saturated heterocycles. The molecule has 0 aliphatic rings. The maximum absolute atomic E-state index is 12.5. The van der Waals surface area contributed by atoms with E-state index >= 15 is 0 Å². The molecule has 0 aromatic heterocycles. The number of alkyl halides is 3. The van der Waals surface area contributed by atoms with Crippen LogP contribution in [0.2, 0.25) is 5.02 Å². The third kappa shape index (κ3) is 8.14. The van der Waals surface area contributed by atoms with Crippen LogP contribution in [0.4, 0.5) is 17.1 Å². The highest BCUT2D eigenvalue weighted by atomic mass is 35.6. The molecule has 3 aromatic rings. The fourth-order valence-electron chi connectivity index (χ4n) is 2.56. The summed E-state index contributed by atoms with van der Waals surface area (Å²) in [5.41, 5.74) is 2.39. The molecule has 3 aromatic carbocycles. The number of carbonyl (C=O) groups is 1. The van der Waals surface area contributed by atoms with Crippen LogP contribution in [0.25, 0.3) is 0 Å². The Labute approximate surface area is 216 Å². The second-order valence-corrected chi connectivity index (χ2v) is 9.85. The lowest BCUT2D eigenvalue weighted by molar-refractivity contribution is 0.0934. The van der Waals surface area contributed by atoms with Crippen molar-refractivity contribution in [3.63, 3.8) is 0 Å². The van der Waals surface area contributed by atoms with Crippen molar-refractivity contribution in [2.75, 3.05) is 5.32 Å². The second-order valence-electron chi connectivity index (χ2n) is 6.64. The molecule has 0 aliphatic carbocycles. The minimum atomic E-state index is -1.89. The van der Waals surface area contributed by atoms with Crippen molar-refractivity contribution in [1.29, 1.82) is 0 Å². The number of rotatable bonds is 6. The molecule has 0 aliphatic heterocycles. The van der Waals surface area contributed by atoms with Crippen molar-refractivity contribution < 1.29 is 4.79 Å². The minimum Gasteiger partial charge on any atom is -0.339 e. The van der Waals surface area contributed by atoms with Crippen LogP contribution in [0.15, 0.2) is 89.1 Å². The topological polar surface area (TPSA) is 77.9 Å². The van der Waals surface area contributed by atoms with Gasteiger partial charge in [0.1, 0.15) is 6.17 Å². The van der Waals surface area contributed by atoms with Gasteiger partial charge in [-0.2, -0.15) is 10.2 Å². The fourth-order valence-corrected chi connectivity index (χ4v) is 3.32. The van der Waals surface area contributed by atoms with E-state index in [1.807, 2.05) is 30.3 Å². The average molecular weight is 541 g/mol. The minimum absolute atomic E-state index is 0.136. The van der Waals surface area contributed by atoms with Crippen LogP contribution in [-0.4, -0.2) is 21.0 Å². The number of hydrogen-bond acceptors (Lipinski definition) is 4. The molecular weight excluding hydrogens is 524 g/mol. The van der Waals surface area contributed by atoms with Gasteiger partial charge in [-0.1, -0.05) is 70.7 Å². The lowest BCUT2D eigenvalue weighted by atomic mass is 10.2. The summed E-state index contributed by atoms with van der Waals surface area (Å²) in [6.45, 7) is 0. The number of halogens is 4. The Morgan fingerprint density at radius 1 is 0.848 bits per heavy atom. The summed E-state index contributed by atoms with van der Waals surface area (Å²) in [6.07, 6.45) is -1.12. The molecule has 3 N–H and O–H groups in total. The lowest BCUT2D eigenvalue weighted by Gasteiger charge is -2.27. The van der Waals surface area contributed by atoms with Crippen molar-refractivity contribution in [2.45, 2.75) is 9.96 Å². The van der Waals surface area contributed by atoms with E-state index in [2.05, 4.69) is 26.2 Å². The molecular formula is C22H17Cl4N5OS. The second kappa shape index (κ2) is 11.6. The third-order valence-corrected chi connectivity index (χ3v) is 5.24. The largest absolute Gasteiger partial charge is 0.339 e. The molecule has 170 valence electrons. The van der Waals surface area contributed by atoms with Gasteiger partial charge in [0.05, 0.1) is 11.4 Å². The van der Waals surface area contributed by atoms with E-state index < -0.39 is 15.9 Å². The summed E-state index contributed by atoms with van der Waals surface area (Å²) in [7, 11) is 0. The van der Waals surface area contributed by atoms with E-state index in [-0.39, 0.29) is 5.11 Å². The van der Waals surface area contributed by atoms with E-state index in [9.17, 15) is 4.79 Å². The molecule has 0 spiro atoms. The zero-order chi connectivity index (χ0) is 23.8. The molecule has 3 rings (SSSR count). The van der Waals surface area contributed by atoms with Crippen LogP contribution in [-0.2, 0) is 0 Å². The number of anilines is 1. The number of carbonyl (C=O) groups excluding carboxylic acids is 1. The molecule has 0 saturated carbocycles. The molecule has 0 heterocycles. The van der Waals surface area contributed by atoms with Crippen LogP contribution < -0.4 is 16.0 Å². The van der Waals surface area contributed by atoms with Gasteiger partial charge in [0, 0.05) is 16.3 Å². The Hall–Kier alpha value is -2.42. The van der Waals surface area contributed by atoms with Crippen molar-refractivity contribution in [3.8, 4) is 0 Å². The van der Waals surface area contributed by atoms with Gasteiger partial charge in [0.2, 0.25) is 3.79 Å². The first-order valence-electron chi connectivity index (χ1n) is 9.48. The predicted molar refractivity (Wildman–Crippen MR) is 139 cm³/mol. The molecule has 1 atom stereocenters. The zero-order valence-electron chi connectivity index (χ0n) is 16.8. The molecule has 6 nitrogen and oxygen atoms in total. The Balaban J connectivity index is 1.60. The monoisotopic (exact) mass is 539 g/mol. The van der Waals surface area contributed by atoms with Crippen molar-refractivity contribution in [1.82, 2.24) is 10.6 Å². The first-order valence-corrected chi connectivity index (χ1v) is 11.4. The van der Waals surface area contributed by atoms with Gasteiger partial charge in [0.15, 0.2) is 5.11 Å². The first kappa shape index (κ1) is 25.2. The summed E-state index contributed by atoms with van der Waals surface area (Å²) < 4.78 is -1.89. The number of hydrogen-bond donors (Lipinski definition) is 3. The Morgan fingerprint density at radius 3 is 2.09 bits per heavy atom. The van der Waals surface area contributed by atoms with Gasteiger partial charge < -0.3 is 16.0 Å². The molecule has 0 fully saturated rings. The number of azo groups is 1. The summed E-state index contributed by atoms with van der Waals surface area (Å²) in [5, 5.41) is 17.3. The predicted octanol–water partition coefficient (Wildman–Crippen LogP) is 7.17. The molecule has 0 radical (unpaired) electrons. The van der Waals surface area contributed by atoms with Crippen LogP contribution in [0.3, 0.4) is 0 Å². The highest BCUT2D eigenvalue weighted by Crippen LogP contribution is 2.29. The number of amides is 1. The summed E-state index contributed by atoms with van der Waals surface area (Å²) in [4.78, 5) is 12.5. The number of benzene rings is 3. The number of thiocarbonyl (C=S) groups is 1. The molecule has 33 heavy (non-hydrogen) atoms. The standard InChI is InChI=1S/C22H17Cl4N5OS/c23-15-6-4-5-14(13-15)19(32)28-20(22(24,25)26)29-21(33)27-16-9-11-18(12-10-16)31-30-17-7-2-1-3-8-17/h1-13,20H,(H,28,32)(H2,27,29,33)/t20-/m0/s1. The smallest absolute Gasteiger partial charge is 0.253 e. The molecule has 0 unspecified atom stereocenters. The van der Waals surface area contributed by atoms with Crippen LogP contribution >= 0.6 is 58.6 Å². The summed E-state index contributed by atoms with van der Waals surface area (Å²) >= 11 is 29.3. The van der Waals surface area contributed by atoms with Crippen molar-refractivity contribution in [3.05, 3.63) is 89.4 Å². The van der Waals surface area contributed by atoms with E-state index in [1.54, 1.807) is 42.5 Å². The molecule has 0 bridgehead atoms.